The summed E-state index contributed by atoms with van der Waals surface area (Å²) in [5.41, 5.74) is -0.638. The molecule has 1 aromatic heterocycles. The number of esters is 1. The molecule has 0 N–H and O–H groups in total. The lowest BCUT2D eigenvalue weighted by atomic mass is 10.1. The second-order valence-electron chi connectivity index (χ2n) is 8.43. The van der Waals surface area contributed by atoms with E-state index in [0.717, 1.165) is 16.8 Å². The first kappa shape index (κ1) is 28.8. The Morgan fingerprint density at radius 1 is 1.12 bits per heavy atom. The topological polar surface area (TPSA) is 92.0 Å². The second kappa shape index (κ2) is 11.9. The average Bonchev–Trinajstić information content (AvgIpc) is 2.93. The maximum Gasteiger partial charge on any atom is 0.416 e. The van der Waals surface area contributed by atoms with Gasteiger partial charge in [0.2, 0.25) is 0 Å². The van der Waals surface area contributed by atoms with E-state index in [2.05, 4.69) is 26.0 Å². The molecule has 0 fully saturated rings. The molecule has 0 aliphatic heterocycles. The van der Waals surface area contributed by atoms with Gasteiger partial charge in [0.25, 0.3) is 5.56 Å². The van der Waals surface area contributed by atoms with E-state index in [0.29, 0.717) is 15.6 Å². The van der Waals surface area contributed by atoms with E-state index in [1.165, 1.54) is 32.4 Å². The van der Waals surface area contributed by atoms with Crippen molar-refractivity contribution in [2.45, 2.75) is 26.1 Å². The largest absolute Gasteiger partial charge is 0.493 e. The number of ether oxygens (including phenoxy) is 3. The van der Waals surface area contributed by atoms with Gasteiger partial charge >= 0.3 is 12.1 Å². The van der Waals surface area contributed by atoms with Crippen LogP contribution in [0.5, 0.6) is 11.5 Å². The number of carbonyl (C=O) groups excluding carboxylic acids is 1. The van der Waals surface area contributed by atoms with Crippen molar-refractivity contribution in [2.24, 2.45) is 5.10 Å². The van der Waals surface area contributed by atoms with Gasteiger partial charge in [0, 0.05) is 15.6 Å². The fourth-order valence-electron chi connectivity index (χ4n) is 3.77. The van der Waals surface area contributed by atoms with Crippen molar-refractivity contribution in [3.8, 4) is 22.9 Å². The molecule has 4 aromatic rings. The molecule has 40 heavy (non-hydrogen) atoms. The standard InChI is InChI=1S/C28H23BrF3N3O5/c1-4-39-27(37)16(2)40-24-14-21(29)18(13-23(24)38-3)15-33-35-25(17-8-7-9-19(12-17)28(30,31)32)34-22-11-6-5-10-20(22)26(35)36/h5-16H,4H2,1-3H3/t16-/m0/s1. The third-order valence-corrected chi connectivity index (χ3v) is 6.41. The van der Waals surface area contributed by atoms with Crippen molar-refractivity contribution in [2.75, 3.05) is 13.7 Å². The molecular weight excluding hydrogens is 595 g/mol. The molecule has 0 saturated heterocycles. The number of alkyl halides is 3. The zero-order valence-corrected chi connectivity index (χ0v) is 23.1. The van der Waals surface area contributed by atoms with Crippen molar-refractivity contribution < 1.29 is 32.2 Å². The molecule has 4 rings (SSSR count). The number of halogens is 4. The Morgan fingerprint density at radius 2 is 1.88 bits per heavy atom. The first-order valence-corrected chi connectivity index (χ1v) is 12.8. The number of aromatic nitrogens is 2. The number of hydrogen-bond donors (Lipinski definition) is 0. The van der Waals surface area contributed by atoms with Gasteiger partial charge in [-0.05, 0) is 66.2 Å². The van der Waals surface area contributed by atoms with Gasteiger partial charge in [-0.15, -0.1) is 0 Å². The zero-order chi connectivity index (χ0) is 29.0. The first-order valence-electron chi connectivity index (χ1n) is 12.0. The average molecular weight is 618 g/mol. The molecule has 8 nitrogen and oxygen atoms in total. The van der Waals surface area contributed by atoms with Gasteiger partial charge in [0.05, 0.1) is 36.4 Å². The number of methoxy groups -OCH3 is 1. The molecule has 0 aliphatic rings. The Labute approximate surface area is 235 Å². The van der Waals surface area contributed by atoms with Crippen molar-refractivity contribution >= 4 is 39.0 Å². The first-order chi connectivity index (χ1) is 19.0. The molecule has 0 bridgehead atoms. The number of benzene rings is 3. The van der Waals surface area contributed by atoms with Crippen LogP contribution in [0.1, 0.15) is 25.0 Å². The van der Waals surface area contributed by atoms with E-state index < -0.39 is 29.4 Å². The molecular formula is C28H23BrF3N3O5. The summed E-state index contributed by atoms with van der Waals surface area (Å²) >= 11 is 3.42. The van der Waals surface area contributed by atoms with Crippen molar-refractivity contribution in [1.82, 2.24) is 9.66 Å². The highest BCUT2D eigenvalue weighted by Gasteiger charge is 2.31. The van der Waals surface area contributed by atoms with E-state index in [-0.39, 0.29) is 34.9 Å². The minimum atomic E-state index is -4.59. The number of para-hydroxylation sites is 1. The molecule has 0 radical (unpaired) electrons. The van der Waals surface area contributed by atoms with Gasteiger partial charge in [0.15, 0.2) is 23.4 Å². The number of carbonyl (C=O) groups is 1. The lowest BCUT2D eigenvalue weighted by molar-refractivity contribution is -0.150. The van der Waals surface area contributed by atoms with Crippen LogP contribution in [0.2, 0.25) is 0 Å². The minimum Gasteiger partial charge on any atom is -0.493 e. The van der Waals surface area contributed by atoms with Crippen molar-refractivity contribution in [3.63, 3.8) is 0 Å². The fraction of sp³-hybridized carbons (Fsp3) is 0.214. The third-order valence-electron chi connectivity index (χ3n) is 5.72. The highest BCUT2D eigenvalue weighted by molar-refractivity contribution is 9.10. The molecule has 1 heterocycles. The SMILES string of the molecule is CCOC(=O)[C@H](C)Oc1cc(Br)c(C=Nn2c(-c3cccc(C(F)(F)F)c3)nc3ccccc3c2=O)cc1OC. The minimum absolute atomic E-state index is 0.0585. The van der Waals surface area contributed by atoms with Crippen LogP contribution in [0.25, 0.3) is 22.3 Å². The van der Waals surface area contributed by atoms with Crippen LogP contribution in [-0.4, -0.2) is 41.7 Å². The lowest BCUT2D eigenvalue weighted by Gasteiger charge is -2.17. The fourth-order valence-corrected chi connectivity index (χ4v) is 4.20. The zero-order valence-electron chi connectivity index (χ0n) is 21.5. The van der Waals surface area contributed by atoms with Gasteiger partial charge < -0.3 is 14.2 Å². The van der Waals surface area contributed by atoms with Crippen LogP contribution >= 0.6 is 15.9 Å². The van der Waals surface area contributed by atoms with Gasteiger partial charge in [-0.25, -0.2) is 9.78 Å². The van der Waals surface area contributed by atoms with E-state index >= 15 is 0 Å². The number of fused-ring (bicyclic) bond motifs is 1. The Kier molecular flexibility index (Phi) is 8.58. The highest BCUT2D eigenvalue weighted by atomic mass is 79.9. The summed E-state index contributed by atoms with van der Waals surface area (Å²) in [6.45, 7) is 3.42. The number of rotatable bonds is 8. The van der Waals surface area contributed by atoms with Gasteiger partial charge in [-0.1, -0.05) is 24.3 Å². The summed E-state index contributed by atoms with van der Waals surface area (Å²) in [4.78, 5) is 29.9. The predicted molar refractivity (Wildman–Crippen MR) is 147 cm³/mol. The maximum atomic E-state index is 13.4. The molecule has 12 heteroatoms. The summed E-state index contributed by atoms with van der Waals surface area (Å²) in [5, 5.41) is 4.55. The second-order valence-corrected chi connectivity index (χ2v) is 9.28. The highest BCUT2D eigenvalue weighted by Crippen LogP contribution is 2.34. The van der Waals surface area contributed by atoms with Gasteiger partial charge in [-0.3, -0.25) is 4.79 Å². The monoisotopic (exact) mass is 617 g/mol. The molecule has 0 amide bonds. The van der Waals surface area contributed by atoms with Crippen LogP contribution in [0.4, 0.5) is 13.2 Å². The summed E-state index contributed by atoms with van der Waals surface area (Å²) in [7, 11) is 1.41. The quantitative estimate of drug-likeness (QED) is 0.176. The summed E-state index contributed by atoms with van der Waals surface area (Å²) in [6, 6.07) is 14.1. The Balaban J connectivity index is 1.80. The van der Waals surface area contributed by atoms with Gasteiger partial charge in [0.1, 0.15) is 0 Å². The third kappa shape index (κ3) is 6.17. The molecule has 0 aliphatic carbocycles. The van der Waals surface area contributed by atoms with Crippen molar-refractivity contribution in [3.05, 3.63) is 86.6 Å². The summed E-state index contributed by atoms with van der Waals surface area (Å²) in [6.07, 6.45) is -4.16. The Hall–Kier alpha value is -4.19. The van der Waals surface area contributed by atoms with E-state index in [9.17, 15) is 22.8 Å². The van der Waals surface area contributed by atoms with Crippen LogP contribution < -0.4 is 15.0 Å². The van der Waals surface area contributed by atoms with Gasteiger partial charge in [-0.2, -0.15) is 22.9 Å². The lowest BCUT2D eigenvalue weighted by Crippen LogP contribution is -2.26. The van der Waals surface area contributed by atoms with Crippen LogP contribution in [0.3, 0.4) is 0 Å². The predicted octanol–water partition coefficient (Wildman–Crippen LogP) is 6.07. The Morgan fingerprint density at radius 3 is 2.58 bits per heavy atom. The molecule has 0 saturated carbocycles. The molecule has 1 atom stereocenters. The van der Waals surface area contributed by atoms with Crippen LogP contribution in [0.15, 0.2) is 75.0 Å². The normalized spacial score (nSPS) is 12.5. The molecule has 0 unspecified atom stereocenters. The molecule has 3 aromatic carbocycles. The number of nitrogens with zero attached hydrogens (tertiary/aromatic N) is 3. The Bertz CT molecular complexity index is 1650. The van der Waals surface area contributed by atoms with Crippen molar-refractivity contribution in [1.29, 1.82) is 0 Å². The summed E-state index contributed by atoms with van der Waals surface area (Å²) in [5.74, 6) is -0.0990. The van der Waals surface area contributed by atoms with E-state index in [1.807, 2.05) is 0 Å². The number of hydrogen-bond acceptors (Lipinski definition) is 7. The maximum absolute atomic E-state index is 13.4. The van der Waals surface area contributed by atoms with Crippen LogP contribution in [-0.2, 0) is 15.7 Å². The van der Waals surface area contributed by atoms with E-state index in [1.54, 1.807) is 43.3 Å². The van der Waals surface area contributed by atoms with Crippen LogP contribution in [0, 0.1) is 0 Å². The molecule has 0 spiro atoms. The van der Waals surface area contributed by atoms with E-state index in [4.69, 9.17) is 14.2 Å². The summed E-state index contributed by atoms with van der Waals surface area (Å²) < 4.78 is 57.8. The molecule has 208 valence electrons. The smallest absolute Gasteiger partial charge is 0.416 e.